The summed E-state index contributed by atoms with van der Waals surface area (Å²) >= 11 is 0. The summed E-state index contributed by atoms with van der Waals surface area (Å²) in [5.74, 6) is 0. The summed E-state index contributed by atoms with van der Waals surface area (Å²) in [4.78, 5) is 3.25. The van der Waals surface area contributed by atoms with Crippen molar-refractivity contribution in [3.05, 3.63) is 84.9 Å². The number of sulfonamides is 1. The second-order valence-corrected chi connectivity index (χ2v) is 9.05. The van der Waals surface area contributed by atoms with Crippen LogP contribution in [0.4, 0.5) is 5.69 Å². The number of nitrogens with one attached hydrogen (secondary N) is 1. The molecule has 3 aromatic carbocycles. The predicted molar refractivity (Wildman–Crippen MR) is 100.0 cm³/mol. The van der Waals surface area contributed by atoms with Gasteiger partial charge in [0, 0.05) is 0 Å². The predicted octanol–water partition coefficient (Wildman–Crippen LogP) is 4.15. The van der Waals surface area contributed by atoms with Gasteiger partial charge in [0.2, 0.25) is 10.0 Å². The molecule has 3 aromatic rings. The van der Waals surface area contributed by atoms with Crippen molar-refractivity contribution in [2.75, 3.05) is 11.0 Å². The summed E-state index contributed by atoms with van der Waals surface area (Å²) < 4.78 is 26.1. The maximum Gasteiger partial charge on any atom is 0.229 e. The molecule has 0 aliphatic heterocycles. The molecule has 5 heteroatoms. The minimum Gasteiger partial charge on any atom is -0.279 e. The average Bonchev–Trinajstić information content (AvgIpc) is 2.57. The summed E-state index contributed by atoms with van der Waals surface area (Å²) in [6, 6.07) is 27.9. The van der Waals surface area contributed by atoms with E-state index in [1.807, 2.05) is 60.7 Å². The molecule has 0 spiro atoms. The summed E-state index contributed by atoms with van der Waals surface area (Å²) in [6.07, 6.45) is 1.17. The van der Waals surface area contributed by atoms with Crippen LogP contribution in [0.1, 0.15) is 0 Å². The van der Waals surface area contributed by atoms with E-state index in [9.17, 15) is 8.42 Å². The molecule has 0 saturated carbocycles. The van der Waals surface area contributed by atoms with Gasteiger partial charge in [0.1, 0.15) is 16.6 Å². The third kappa shape index (κ3) is 3.99. The molecule has 24 heavy (non-hydrogen) atoms. The van der Waals surface area contributed by atoms with Crippen LogP contribution < -0.4 is 4.72 Å². The standard InChI is InChI=1S/C19H18NO2S2/c1-24(21,22)20-18-14-8-9-15-19(18)23(16-10-4-2-5-11-16)17-12-6-3-7-13-17/h2-15,20H,1H3/q+1. The van der Waals surface area contributed by atoms with Crippen molar-refractivity contribution in [2.45, 2.75) is 14.7 Å². The van der Waals surface area contributed by atoms with Crippen molar-refractivity contribution in [1.82, 2.24) is 0 Å². The Balaban J connectivity index is 2.18. The SMILES string of the molecule is CS(=O)(=O)Nc1ccccc1[S+](c1ccccc1)c1ccccc1. The number of benzene rings is 3. The first-order valence-electron chi connectivity index (χ1n) is 7.46. The van der Waals surface area contributed by atoms with Gasteiger partial charge < -0.3 is 0 Å². The van der Waals surface area contributed by atoms with E-state index in [1.54, 1.807) is 0 Å². The molecule has 0 saturated heterocycles. The highest BCUT2D eigenvalue weighted by Gasteiger charge is 2.31. The monoisotopic (exact) mass is 356 g/mol. The molecule has 3 rings (SSSR count). The lowest BCUT2D eigenvalue weighted by atomic mass is 10.3. The van der Waals surface area contributed by atoms with Crippen LogP contribution in [0.3, 0.4) is 0 Å². The molecule has 0 amide bonds. The smallest absolute Gasteiger partial charge is 0.229 e. The van der Waals surface area contributed by atoms with Crippen LogP contribution in [-0.2, 0) is 20.9 Å². The highest BCUT2D eigenvalue weighted by molar-refractivity contribution is 7.97. The van der Waals surface area contributed by atoms with Crippen LogP contribution in [0.15, 0.2) is 99.6 Å². The summed E-state index contributed by atoms with van der Waals surface area (Å²) in [6.45, 7) is 0. The van der Waals surface area contributed by atoms with Gasteiger partial charge in [-0.25, -0.2) is 8.42 Å². The summed E-state index contributed by atoms with van der Waals surface area (Å²) in [5, 5.41) is 0. The fraction of sp³-hybridized carbons (Fsp3) is 0.0526. The number of hydrogen-bond acceptors (Lipinski definition) is 2. The van der Waals surface area contributed by atoms with E-state index in [4.69, 9.17) is 0 Å². The zero-order valence-corrected chi connectivity index (χ0v) is 14.8. The lowest BCUT2D eigenvalue weighted by Gasteiger charge is -2.12. The van der Waals surface area contributed by atoms with Gasteiger partial charge >= 0.3 is 0 Å². The molecule has 0 heterocycles. The number of hydrogen-bond donors (Lipinski definition) is 1. The van der Waals surface area contributed by atoms with E-state index in [2.05, 4.69) is 29.0 Å². The normalized spacial score (nSPS) is 11.4. The Morgan fingerprint density at radius 3 is 1.67 bits per heavy atom. The van der Waals surface area contributed by atoms with E-state index in [0.29, 0.717) is 5.69 Å². The Hall–Kier alpha value is -2.24. The zero-order chi connectivity index (χ0) is 17.0. The Morgan fingerprint density at radius 2 is 1.17 bits per heavy atom. The number of para-hydroxylation sites is 1. The Bertz CT molecular complexity index is 871. The highest BCUT2D eigenvalue weighted by Crippen LogP contribution is 2.35. The van der Waals surface area contributed by atoms with Crippen molar-refractivity contribution in [3.63, 3.8) is 0 Å². The molecule has 0 aliphatic carbocycles. The molecule has 3 nitrogen and oxygen atoms in total. The first-order valence-corrected chi connectivity index (χ1v) is 10.6. The maximum absolute atomic E-state index is 11.7. The van der Waals surface area contributed by atoms with Gasteiger partial charge in [-0.05, 0) is 36.4 Å². The average molecular weight is 356 g/mol. The minimum atomic E-state index is -3.34. The molecule has 122 valence electrons. The second kappa shape index (κ2) is 7.11. The lowest BCUT2D eigenvalue weighted by molar-refractivity contribution is 0.606. The molecule has 0 bridgehead atoms. The van der Waals surface area contributed by atoms with Crippen molar-refractivity contribution in [3.8, 4) is 0 Å². The van der Waals surface area contributed by atoms with Crippen molar-refractivity contribution >= 4 is 26.6 Å². The van der Waals surface area contributed by atoms with Gasteiger partial charge in [-0.2, -0.15) is 0 Å². The molecule has 0 aliphatic rings. The van der Waals surface area contributed by atoms with Gasteiger partial charge in [0.25, 0.3) is 0 Å². The molecule has 1 N–H and O–H groups in total. The minimum absolute atomic E-state index is 0.388. The molecule has 0 aromatic heterocycles. The first-order chi connectivity index (χ1) is 11.5. The van der Waals surface area contributed by atoms with Crippen molar-refractivity contribution in [1.29, 1.82) is 0 Å². The molecule has 0 fully saturated rings. The van der Waals surface area contributed by atoms with Crippen LogP contribution in [0, 0.1) is 0 Å². The summed E-state index contributed by atoms with van der Waals surface area (Å²) in [7, 11) is -3.73. The van der Waals surface area contributed by atoms with E-state index >= 15 is 0 Å². The van der Waals surface area contributed by atoms with E-state index in [-0.39, 0.29) is 10.9 Å². The maximum atomic E-state index is 11.7. The fourth-order valence-corrected chi connectivity index (χ4v) is 5.27. The number of rotatable bonds is 5. The quantitative estimate of drug-likeness (QED) is 0.698. The van der Waals surface area contributed by atoms with E-state index in [0.717, 1.165) is 14.7 Å². The van der Waals surface area contributed by atoms with E-state index < -0.39 is 10.0 Å². The number of anilines is 1. The zero-order valence-electron chi connectivity index (χ0n) is 13.2. The van der Waals surface area contributed by atoms with Crippen LogP contribution in [0.5, 0.6) is 0 Å². The third-order valence-electron chi connectivity index (χ3n) is 3.36. The fourth-order valence-electron chi connectivity index (χ4n) is 2.43. The van der Waals surface area contributed by atoms with Gasteiger partial charge in [-0.15, -0.1) is 0 Å². The molecule has 0 radical (unpaired) electrons. The van der Waals surface area contributed by atoms with Crippen LogP contribution >= 0.6 is 0 Å². The van der Waals surface area contributed by atoms with Gasteiger partial charge in [0.15, 0.2) is 14.7 Å². The van der Waals surface area contributed by atoms with E-state index in [1.165, 1.54) is 6.26 Å². The largest absolute Gasteiger partial charge is 0.279 e. The van der Waals surface area contributed by atoms with Crippen molar-refractivity contribution in [2.24, 2.45) is 0 Å². The van der Waals surface area contributed by atoms with Crippen LogP contribution in [-0.4, -0.2) is 14.7 Å². The molecular weight excluding hydrogens is 338 g/mol. The Labute approximate surface area is 145 Å². The van der Waals surface area contributed by atoms with Crippen LogP contribution in [0.25, 0.3) is 0 Å². The molecule has 0 atom stereocenters. The van der Waals surface area contributed by atoms with Gasteiger partial charge in [-0.1, -0.05) is 48.5 Å². The summed E-state index contributed by atoms with van der Waals surface area (Å²) in [5.41, 5.74) is 0.621. The topological polar surface area (TPSA) is 46.2 Å². The lowest BCUT2D eigenvalue weighted by Crippen LogP contribution is -2.14. The molecular formula is C19H18NO2S2+. The highest BCUT2D eigenvalue weighted by atomic mass is 32.2. The van der Waals surface area contributed by atoms with Gasteiger partial charge in [-0.3, -0.25) is 4.72 Å². The third-order valence-corrected chi connectivity index (χ3v) is 6.23. The first kappa shape index (κ1) is 16.6. The molecule has 0 unspecified atom stereocenters. The van der Waals surface area contributed by atoms with Crippen molar-refractivity contribution < 1.29 is 8.42 Å². The second-order valence-electron chi connectivity index (χ2n) is 5.30. The Morgan fingerprint density at radius 1 is 0.708 bits per heavy atom. The van der Waals surface area contributed by atoms with Crippen LogP contribution in [0.2, 0.25) is 0 Å². The van der Waals surface area contributed by atoms with Gasteiger partial charge in [0.05, 0.1) is 6.26 Å². The Kier molecular flexibility index (Phi) is 4.92.